The minimum absolute atomic E-state index is 0. The van der Waals surface area contributed by atoms with Crippen LogP contribution in [0.2, 0.25) is 0 Å². The van der Waals surface area contributed by atoms with Crippen LogP contribution in [0.5, 0.6) is 0 Å². The van der Waals surface area contributed by atoms with Gasteiger partial charge in [0, 0.05) is 5.69 Å². The van der Waals surface area contributed by atoms with E-state index in [-0.39, 0.29) is 17.0 Å². The monoisotopic (exact) mass is 202 g/mol. The Kier molecular flexibility index (Phi) is 3.36. The maximum atomic E-state index is 5.45. The molecule has 2 N–H and O–H groups in total. The summed E-state index contributed by atoms with van der Waals surface area (Å²) in [7, 11) is 0. The molecule has 0 saturated carbocycles. The number of aryl methyl sites for hydroxylation is 2. The molecule has 1 aromatic rings. The number of anilines is 1. The fourth-order valence-corrected chi connectivity index (χ4v) is 0.873. The summed E-state index contributed by atoms with van der Waals surface area (Å²) in [5.41, 5.74) is 7.59. The van der Waals surface area contributed by atoms with Crippen LogP contribution in [0.15, 0.2) is 12.1 Å². The first-order chi connectivity index (χ1) is 4.18. The second kappa shape index (κ2) is 3.56. The molecule has 0 aliphatic heterocycles. The molecule has 0 aliphatic carbocycles. The van der Waals surface area contributed by atoms with Crippen molar-refractivity contribution in [3.8, 4) is 0 Å². The number of aromatic nitrogens is 1. The fourth-order valence-electron chi connectivity index (χ4n) is 0.873. The van der Waals surface area contributed by atoms with Gasteiger partial charge in [0.05, 0.1) is 0 Å². The fraction of sp³-hybridized carbons (Fsp3) is 0.286. The van der Waals surface area contributed by atoms with Crippen molar-refractivity contribution in [2.45, 2.75) is 13.8 Å². The zero-order valence-electron chi connectivity index (χ0n) is 6.09. The smallest absolute Gasteiger partial charge is 0.123 e. The molecule has 0 saturated heterocycles. The number of nitrogen functional groups attached to an aromatic ring is 1. The van der Waals surface area contributed by atoms with Crippen LogP contribution < -0.4 is 5.73 Å². The normalized spacial score (nSPS) is 8.60. The highest BCUT2D eigenvalue weighted by atomic mass is 79.9. The van der Waals surface area contributed by atoms with E-state index in [0.717, 1.165) is 5.69 Å². The quantitative estimate of drug-likeness (QED) is 0.698. The molecule has 0 fully saturated rings. The van der Waals surface area contributed by atoms with Gasteiger partial charge in [-0.1, -0.05) is 0 Å². The maximum absolute atomic E-state index is 5.45. The average Bonchev–Trinajstić information content (AvgIpc) is 1.59. The Bertz CT molecular complexity index is 172. The number of hydrogen-bond donors (Lipinski definition) is 1. The van der Waals surface area contributed by atoms with E-state index in [0.29, 0.717) is 5.82 Å². The van der Waals surface area contributed by atoms with Gasteiger partial charge in [0.2, 0.25) is 0 Å². The Morgan fingerprint density at radius 1 is 1.30 bits per heavy atom. The van der Waals surface area contributed by atoms with E-state index < -0.39 is 0 Å². The topological polar surface area (TPSA) is 38.9 Å². The zero-order chi connectivity index (χ0) is 6.85. The molecular formula is C7H11BrN2. The molecule has 0 amide bonds. The van der Waals surface area contributed by atoms with E-state index in [1.54, 1.807) is 0 Å². The molecule has 0 atom stereocenters. The molecule has 0 spiro atoms. The molecule has 10 heavy (non-hydrogen) atoms. The first kappa shape index (κ1) is 9.43. The predicted octanol–water partition coefficient (Wildman–Crippen LogP) is 1.86. The molecule has 3 heteroatoms. The van der Waals surface area contributed by atoms with E-state index in [9.17, 15) is 0 Å². The van der Waals surface area contributed by atoms with E-state index in [4.69, 9.17) is 5.73 Å². The number of rotatable bonds is 0. The first-order valence-corrected chi connectivity index (χ1v) is 2.89. The molecule has 0 bridgehead atoms. The zero-order valence-corrected chi connectivity index (χ0v) is 7.80. The van der Waals surface area contributed by atoms with Gasteiger partial charge in [-0.3, -0.25) is 0 Å². The lowest BCUT2D eigenvalue weighted by molar-refractivity contribution is 1.19. The van der Waals surface area contributed by atoms with Crippen LogP contribution in [0.3, 0.4) is 0 Å². The van der Waals surface area contributed by atoms with Gasteiger partial charge in [-0.25, -0.2) is 4.98 Å². The van der Waals surface area contributed by atoms with Gasteiger partial charge in [-0.2, -0.15) is 0 Å². The molecule has 0 aromatic carbocycles. The van der Waals surface area contributed by atoms with E-state index in [1.165, 1.54) is 5.56 Å². The van der Waals surface area contributed by atoms with Crippen LogP contribution in [0.4, 0.5) is 5.82 Å². The highest BCUT2D eigenvalue weighted by Crippen LogP contribution is 2.03. The highest BCUT2D eigenvalue weighted by Gasteiger charge is 1.89. The average molecular weight is 203 g/mol. The van der Waals surface area contributed by atoms with E-state index >= 15 is 0 Å². The van der Waals surface area contributed by atoms with Crippen LogP contribution in [-0.2, 0) is 0 Å². The van der Waals surface area contributed by atoms with E-state index in [1.807, 2.05) is 26.0 Å². The molecule has 0 radical (unpaired) electrons. The Morgan fingerprint density at radius 2 is 1.90 bits per heavy atom. The van der Waals surface area contributed by atoms with Gasteiger partial charge in [-0.15, -0.1) is 17.0 Å². The Labute approximate surface area is 71.2 Å². The van der Waals surface area contributed by atoms with Gasteiger partial charge in [0.1, 0.15) is 5.82 Å². The number of nitrogens with zero attached hydrogens (tertiary/aromatic N) is 1. The molecular weight excluding hydrogens is 192 g/mol. The Morgan fingerprint density at radius 3 is 2.30 bits per heavy atom. The summed E-state index contributed by atoms with van der Waals surface area (Å²) in [6, 6.07) is 3.85. The number of nitrogens with two attached hydrogens (primary N) is 1. The summed E-state index contributed by atoms with van der Waals surface area (Å²) in [6.45, 7) is 3.94. The SMILES string of the molecule is Br.Cc1cc(C)nc(N)c1. The number of halogens is 1. The van der Waals surface area contributed by atoms with Gasteiger partial charge in [0.15, 0.2) is 0 Å². The van der Waals surface area contributed by atoms with Crippen LogP contribution in [-0.4, -0.2) is 4.98 Å². The van der Waals surface area contributed by atoms with E-state index in [2.05, 4.69) is 4.98 Å². The van der Waals surface area contributed by atoms with Gasteiger partial charge in [0.25, 0.3) is 0 Å². The lowest BCUT2D eigenvalue weighted by atomic mass is 10.2. The molecule has 1 rings (SSSR count). The van der Waals surface area contributed by atoms with Crippen molar-refractivity contribution in [2.24, 2.45) is 0 Å². The third-order valence-corrected chi connectivity index (χ3v) is 1.12. The summed E-state index contributed by atoms with van der Waals surface area (Å²) in [5, 5.41) is 0. The van der Waals surface area contributed by atoms with Gasteiger partial charge < -0.3 is 5.73 Å². The standard InChI is InChI=1S/C7H10N2.BrH/c1-5-3-6(2)9-7(8)4-5;/h3-4H,1-2H3,(H2,8,9);1H. The van der Waals surface area contributed by atoms with Gasteiger partial charge in [-0.05, 0) is 31.5 Å². The maximum Gasteiger partial charge on any atom is 0.123 e. The van der Waals surface area contributed by atoms with Crippen molar-refractivity contribution in [3.63, 3.8) is 0 Å². The number of pyridine rings is 1. The molecule has 2 nitrogen and oxygen atoms in total. The van der Waals surface area contributed by atoms with Crippen molar-refractivity contribution < 1.29 is 0 Å². The third-order valence-electron chi connectivity index (χ3n) is 1.12. The molecule has 1 heterocycles. The molecule has 56 valence electrons. The second-order valence-electron chi connectivity index (χ2n) is 2.21. The van der Waals surface area contributed by atoms with Crippen LogP contribution in [0.25, 0.3) is 0 Å². The Hall–Kier alpha value is -0.570. The van der Waals surface area contributed by atoms with Crippen molar-refractivity contribution in [3.05, 3.63) is 23.4 Å². The second-order valence-corrected chi connectivity index (χ2v) is 2.21. The van der Waals surface area contributed by atoms with Crippen LogP contribution in [0, 0.1) is 13.8 Å². The molecule has 1 aromatic heterocycles. The third kappa shape index (κ3) is 2.35. The summed E-state index contributed by atoms with van der Waals surface area (Å²) in [4.78, 5) is 4.01. The summed E-state index contributed by atoms with van der Waals surface area (Å²) >= 11 is 0. The molecule has 0 unspecified atom stereocenters. The molecule has 0 aliphatic rings. The van der Waals surface area contributed by atoms with Crippen LogP contribution in [0.1, 0.15) is 11.3 Å². The van der Waals surface area contributed by atoms with Crippen molar-refractivity contribution in [1.29, 1.82) is 0 Å². The first-order valence-electron chi connectivity index (χ1n) is 2.89. The summed E-state index contributed by atoms with van der Waals surface area (Å²) in [5.74, 6) is 0.604. The predicted molar refractivity (Wildman–Crippen MR) is 48.4 cm³/mol. The minimum Gasteiger partial charge on any atom is -0.384 e. The summed E-state index contributed by atoms with van der Waals surface area (Å²) in [6.07, 6.45) is 0. The summed E-state index contributed by atoms with van der Waals surface area (Å²) < 4.78 is 0. The number of hydrogen-bond acceptors (Lipinski definition) is 2. The largest absolute Gasteiger partial charge is 0.384 e. The lowest BCUT2D eigenvalue weighted by Gasteiger charge is -1.96. The van der Waals surface area contributed by atoms with Crippen molar-refractivity contribution in [2.75, 3.05) is 5.73 Å². The lowest BCUT2D eigenvalue weighted by Crippen LogP contribution is -1.92. The van der Waals surface area contributed by atoms with Crippen molar-refractivity contribution >= 4 is 22.8 Å². The highest BCUT2D eigenvalue weighted by molar-refractivity contribution is 8.93. The van der Waals surface area contributed by atoms with Crippen LogP contribution >= 0.6 is 17.0 Å². The minimum atomic E-state index is 0. The van der Waals surface area contributed by atoms with Gasteiger partial charge >= 0.3 is 0 Å². The Balaban J connectivity index is 0.000000810. The van der Waals surface area contributed by atoms with Crippen molar-refractivity contribution in [1.82, 2.24) is 4.98 Å².